The van der Waals surface area contributed by atoms with E-state index >= 15 is 0 Å². The van der Waals surface area contributed by atoms with Crippen LogP contribution in [0.1, 0.15) is 12.0 Å². The van der Waals surface area contributed by atoms with Crippen LogP contribution in [-0.2, 0) is 21.2 Å². The lowest BCUT2D eigenvalue weighted by Crippen LogP contribution is -2.12. The Morgan fingerprint density at radius 3 is 2.65 bits per heavy atom. The third-order valence-electron chi connectivity index (χ3n) is 2.57. The van der Waals surface area contributed by atoms with Crippen molar-refractivity contribution in [1.82, 2.24) is 10.2 Å². The predicted molar refractivity (Wildman–Crippen MR) is 81.7 cm³/mol. The van der Waals surface area contributed by atoms with Crippen molar-refractivity contribution in [3.63, 3.8) is 0 Å². The molecule has 0 aliphatic carbocycles. The maximum absolute atomic E-state index is 13.4. The van der Waals surface area contributed by atoms with E-state index in [1.54, 1.807) is 0 Å². The van der Waals surface area contributed by atoms with Crippen LogP contribution in [0.3, 0.4) is 0 Å². The molecule has 1 heterocycles. The monoisotopic (exact) mass is 362 g/mol. The Labute approximate surface area is 134 Å². The largest absolute Gasteiger partial charge is 0.300 e. The summed E-state index contributed by atoms with van der Waals surface area (Å²) >= 11 is 0.837. The van der Waals surface area contributed by atoms with Gasteiger partial charge in [0.15, 0.2) is 0 Å². The number of hydrogen-bond donors (Lipinski definition) is 2. The molecule has 2 aromatic rings. The molecule has 0 spiro atoms. The number of sulfonamides is 1. The molecule has 1 amide bonds. The van der Waals surface area contributed by atoms with Gasteiger partial charge in [-0.1, -0.05) is 11.3 Å². The van der Waals surface area contributed by atoms with Crippen LogP contribution in [0.4, 0.5) is 19.0 Å². The van der Waals surface area contributed by atoms with E-state index in [2.05, 4.69) is 20.2 Å². The number of nitrogens with zero attached hydrogens (tertiary/aromatic N) is 2. The number of amides is 1. The molecule has 23 heavy (non-hydrogen) atoms. The molecule has 1 aromatic heterocycles. The van der Waals surface area contributed by atoms with Gasteiger partial charge in [-0.25, -0.2) is 17.2 Å². The first-order valence-corrected chi connectivity index (χ1v) is 8.99. The first-order valence-electron chi connectivity index (χ1n) is 6.28. The fourth-order valence-corrected chi connectivity index (χ4v) is 3.13. The number of rotatable bonds is 6. The van der Waals surface area contributed by atoms with Crippen molar-refractivity contribution in [2.24, 2.45) is 0 Å². The van der Waals surface area contributed by atoms with Crippen LogP contribution in [0.5, 0.6) is 0 Å². The molecule has 0 atom stereocenters. The summed E-state index contributed by atoms with van der Waals surface area (Å²) in [7, 11) is -3.48. The van der Waals surface area contributed by atoms with Crippen LogP contribution in [-0.4, -0.2) is 30.8 Å². The lowest BCUT2D eigenvalue weighted by Gasteiger charge is -2.03. The van der Waals surface area contributed by atoms with Crippen molar-refractivity contribution >= 4 is 37.5 Å². The maximum Gasteiger partial charge on any atom is 0.231 e. The van der Waals surface area contributed by atoms with Crippen LogP contribution in [0.2, 0.25) is 0 Å². The molecular formula is C12H12F2N4O3S2. The number of benzene rings is 1. The zero-order valence-electron chi connectivity index (χ0n) is 11.8. The Kier molecular flexibility index (Phi) is 5.21. The average Bonchev–Trinajstić information content (AvgIpc) is 2.84. The first-order chi connectivity index (χ1) is 10.7. The second-order valence-electron chi connectivity index (χ2n) is 4.57. The number of carbonyl (C=O) groups is 1. The molecule has 2 N–H and O–H groups in total. The Hall–Kier alpha value is -2.14. The number of hydrogen-bond acceptors (Lipinski definition) is 6. The van der Waals surface area contributed by atoms with Gasteiger partial charge in [-0.05, 0) is 30.2 Å². The van der Waals surface area contributed by atoms with Gasteiger partial charge in [0, 0.05) is 6.42 Å². The number of anilines is 2. The summed E-state index contributed by atoms with van der Waals surface area (Å²) in [6.07, 6.45) is 0.887. The van der Waals surface area contributed by atoms with Crippen molar-refractivity contribution in [3.8, 4) is 0 Å². The van der Waals surface area contributed by atoms with Gasteiger partial charge in [-0.15, -0.1) is 10.2 Å². The van der Waals surface area contributed by atoms with E-state index in [-0.39, 0.29) is 28.7 Å². The molecule has 0 radical (unpaired) electrons. The standard InChI is InChI=1S/C12H12F2N4O3S2/c1-23(20,21)18-12-17-16-11(22-12)15-10(19)5-2-7-6-8(13)3-4-9(7)14/h3-4,6H,2,5H2,1H3,(H,17,18)(H,15,16,19). The van der Waals surface area contributed by atoms with Crippen molar-refractivity contribution in [3.05, 3.63) is 35.4 Å². The highest BCUT2D eigenvalue weighted by molar-refractivity contribution is 7.92. The first kappa shape index (κ1) is 17.2. The van der Waals surface area contributed by atoms with E-state index < -0.39 is 27.6 Å². The summed E-state index contributed by atoms with van der Waals surface area (Å²) in [5.74, 6) is -1.65. The number of carbonyl (C=O) groups excluding carboxylic acids is 1. The maximum atomic E-state index is 13.4. The highest BCUT2D eigenvalue weighted by Gasteiger charge is 2.12. The van der Waals surface area contributed by atoms with Crippen LogP contribution in [0, 0.1) is 11.6 Å². The second-order valence-corrected chi connectivity index (χ2v) is 7.30. The fourth-order valence-electron chi connectivity index (χ4n) is 1.64. The average molecular weight is 362 g/mol. The molecule has 0 aliphatic heterocycles. The molecule has 7 nitrogen and oxygen atoms in total. The van der Waals surface area contributed by atoms with E-state index in [0.717, 1.165) is 35.8 Å². The van der Waals surface area contributed by atoms with Crippen LogP contribution >= 0.6 is 11.3 Å². The van der Waals surface area contributed by atoms with E-state index in [4.69, 9.17) is 0 Å². The lowest BCUT2D eigenvalue weighted by molar-refractivity contribution is -0.116. The van der Waals surface area contributed by atoms with Gasteiger partial charge in [0.1, 0.15) is 11.6 Å². The van der Waals surface area contributed by atoms with Gasteiger partial charge in [0.2, 0.25) is 26.2 Å². The summed E-state index contributed by atoms with van der Waals surface area (Å²) < 4.78 is 50.6. The van der Waals surface area contributed by atoms with Gasteiger partial charge >= 0.3 is 0 Å². The Bertz CT molecular complexity index is 823. The van der Waals surface area contributed by atoms with Crippen LogP contribution in [0.25, 0.3) is 0 Å². The quantitative estimate of drug-likeness (QED) is 0.815. The minimum atomic E-state index is -3.48. The predicted octanol–water partition coefficient (Wildman–Crippen LogP) is 1.76. The van der Waals surface area contributed by atoms with Crippen molar-refractivity contribution in [2.45, 2.75) is 12.8 Å². The summed E-state index contributed by atoms with van der Waals surface area (Å²) in [5, 5.41) is 9.67. The SMILES string of the molecule is CS(=O)(=O)Nc1nnc(NC(=O)CCc2cc(F)ccc2F)s1. The Morgan fingerprint density at radius 1 is 1.26 bits per heavy atom. The molecule has 0 aliphatic rings. The third kappa shape index (κ3) is 5.53. The zero-order chi connectivity index (χ0) is 17.0. The lowest BCUT2D eigenvalue weighted by atomic mass is 10.1. The second kappa shape index (κ2) is 6.96. The number of nitrogens with one attached hydrogen (secondary N) is 2. The van der Waals surface area contributed by atoms with Gasteiger partial charge in [-0.3, -0.25) is 9.52 Å². The van der Waals surface area contributed by atoms with Crippen molar-refractivity contribution < 1.29 is 22.0 Å². The van der Waals surface area contributed by atoms with Gasteiger partial charge < -0.3 is 5.32 Å². The summed E-state index contributed by atoms with van der Waals surface area (Å²) in [6, 6.07) is 3.02. The molecule has 0 saturated carbocycles. The Balaban J connectivity index is 1.91. The Morgan fingerprint density at radius 2 is 1.96 bits per heavy atom. The molecule has 1 aromatic carbocycles. The highest BCUT2D eigenvalue weighted by atomic mass is 32.2. The fraction of sp³-hybridized carbons (Fsp3) is 0.250. The van der Waals surface area contributed by atoms with Crippen molar-refractivity contribution in [2.75, 3.05) is 16.3 Å². The minimum absolute atomic E-state index is 0.0129. The van der Waals surface area contributed by atoms with Crippen molar-refractivity contribution in [1.29, 1.82) is 0 Å². The minimum Gasteiger partial charge on any atom is -0.300 e. The number of aryl methyl sites for hydroxylation is 1. The van der Waals surface area contributed by atoms with Crippen LogP contribution < -0.4 is 10.0 Å². The third-order valence-corrected chi connectivity index (χ3v) is 4.02. The van der Waals surface area contributed by atoms with E-state index in [1.807, 2.05) is 0 Å². The normalized spacial score (nSPS) is 11.3. The molecule has 124 valence electrons. The van der Waals surface area contributed by atoms with E-state index in [1.165, 1.54) is 0 Å². The van der Waals surface area contributed by atoms with Gasteiger partial charge in [0.25, 0.3) is 0 Å². The molecule has 2 rings (SSSR count). The van der Waals surface area contributed by atoms with Gasteiger partial charge in [-0.2, -0.15) is 0 Å². The van der Waals surface area contributed by atoms with E-state index in [0.29, 0.717) is 0 Å². The van der Waals surface area contributed by atoms with Crippen LogP contribution in [0.15, 0.2) is 18.2 Å². The highest BCUT2D eigenvalue weighted by Crippen LogP contribution is 2.21. The topological polar surface area (TPSA) is 101 Å². The summed E-state index contributed by atoms with van der Waals surface area (Å²) in [4.78, 5) is 11.7. The molecule has 0 unspecified atom stereocenters. The molecule has 0 bridgehead atoms. The number of halogens is 2. The number of aromatic nitrogens is 2. The molecular weight excluding hydrogens is 350 g/mol. The molecule has 11 heteroatoms. The smallest absolute Gasteiger partial charge is 0.231 e. The summed E-state index contributed by atoms with van der Waals surface area (Å²) in [5.41, 5.74) is 0.0943. The zero-order valence-corrected chi connectivity index (χ0v) is 13.5. The molecule has 0 saturated heterocycles. The molecule has 0 fully saturated rings. The van der Waals surface area contributed by atoms with E-state index in [9.17, 15) is 22.0 Å². The summed E-state index contributed by atoms with van der Waals surface area (Å²) in [6.45, 7) is 0. The van der Waals surface area contributed by atoms with Gasteiger partial charge in [0.05, 0.1) is 6.26 Å².